The van der Waals surface area contributed by atoms with Gasteiger partial charge in [0.1, 0.15) is 22.7 Å². The Kier molecular flexibility index (Phi) is 7.40. The molecule has 0 atom stereocenters. The SMILES string of the molecule is c1ccc2c(c1)Oc1ccccc1C21c2ccccc2-c2ccc(N(c3ccc4c(c3)oc3ccccc34)c3ccc4c(c3)c3ccccc3n4-c3cccc4ccccc34)c3cccc1c23. The van der Waals surface area contributed by atoms with Crippen LogP contribution >= 0.6 is 0 Å². The monoisotopic (exact) mass is 854 g/mol. The van der Waals surface area contributed by atoms with E-state index in [0.29, 0.717) is 0 Å². The quantitative estimate of drug-likeness (QED) is 0.177. The van der Waals surface area contributed by atoms with Crippen molar-refractivity contribution in [2.75, 3.05) is 4.90 Å². The van der Waals surface area contributed by atoms with E-state index in [2.05, 4.69) is 234 Å². The number of ether oxygens (including phenoxy) is 1. The van der Waals surface area contributed by atoms with Crippen molar-refractivity contribution in [1.29, 1.82) is 0 Å². The van der Waals surface area contributed by atoms with Crippen LogP contribution < -0.4 is 9.64 Å². The zero-order valence-corrected chi connectivity index (χ0v) is 36.2. The largest absolute Gasteiger partial charge is 0.457 e. The number of hydrogen-bond donors (Lipinski definition) is 0. The molecule has 11 aromatic carbocycles. The maximum atomic E-state index is 6.74. The second-order valence-corrected chi connectivity index (χ2v) is 17.9. The van der Waals surface area contributed by atoms with Gasteiger partial charge >= 0.3 is 0 Å². The van der Waals surface area contributed by atoms with E-state index in [-0.39, 0.29) is 0 Å². The summed E-state index contributed by atoms with van der Waals surface area (Å²) in [5.74, 6) is 1.76. The Bertz CT molecular complexity index is 4180. The molecule has 0 unspecified atom stereocenters. The van der Waals surface area contributed by atoms with Crippen LogP contribution in [0.1, 0.15) is 22.3 Å². The molecule has 3 heterocycles. The molecule has 0 fully saturated rings. The van der Waals surface area contributed by atoms with Crippen LogP contribution in [-0.2, 0) is 5.41 Å². The third-order valence-corrected chi connectivity index (χ3v) is 14.6. The summed E-state index contributed by atoms with van der Waals surface area (Å²) < 4.78 is 15.8. The molecule has 2 aliphatic rings. The van der Waals surface area contributed by atoms with Gasteiger partial charge in [-0.05, 0) is 99.8 Å². The Hall–Kier alpha value is -8.86. The third-order valence-electron chi connectivity index (χ3n) is 14.6. The topological polar surface area (TPSA) is 30.5 Å². The molecule has 0 saturated carbocycles. The summed E-state index contributed by atoms with van der Waals surface area (Å²) in [6.45, 7) is 0. The van der Waals surface area contributed by atoms with E-state index in [1.165, 1.54) is 60.4 Å². The molecule has 1 aliphatic heterocycles. The van der Waals surface area contributed by atoms with Crippen molar-refractivity contribution in [3.63, 3.8) is 0 Å². The number of aromatic nitrogens is 1. The van der Waals surface area contributed by atoms with E-state index >= 15 is 0 Å². The van der Waals surface area contributed by atoms with Crippen LogP contribution in [0.5, 0.6) is 11.5 Å². The van der Waals surface area contributed by atoms with E-state index in [4.69, 9.17) is 9.15 Å². The Labute approximate surface area is 385 Å². The Morgan fingerprint density at radius 2 is 0.985 bits per heavy atom. The lowest BCUT2D eigenvalue weighted by Crippen LogP contribution is -2.36. The molecule has 2 aromatic heterocycles. The zero-order valence-electron chi connectivity index (χ0n) is 36.2. The fourth-order valence-electron chi connectivity index (χ4n) is 11.9. The highest BCUT2D eigenvalue weighted by Gasteiger charge is 2.49. The van der Waals surface area contributed by atoms with Crippen LogP contribution in [-0.4, -0.2) is 4.57 Å². The molecule has 1 spiro atoms. The first-order chi connectivity index (χ1) is 33.2. The average Bonchev–Trinajstić information content (AvgIpc) is 3.93. The van der Waals surface area contributed by atoms with Crippen LogP contribution in [0.4, 0.5) is 17.1 Å². The lowest BCUT2D eigenvalue weighted by molar-refractivity contribution is 0.435. The fourth-order valence-corrected chi connectivity index (χ4v) is 11.9. The standard InChI is InChI=1S/C63H38N2O2/c1-2-17-42-39(15-1)16-13-27-54(42)65-55-26-9-4-19-44(55)49-37-40(32-35-57(49)65)64(41-31-33-46-45-20-5-10-28-58(45)66-61(46)38-41)56-36-34-47-43-18-3-6-22-50(43)63(53-25-14-21-48(56)62(47)53)51-23-7-11-29-59(51)67-60-30-12-8-24-52(60)63/h1-38H. The summed E-state index contributed by atoms with van der Waals surface area (Å²) in [4.78, 5) is 2.44. The molecular formula is C63H38N2O2. The van der Waals surface area contributed by atoms with E-state index in [9.17, 15) is 0 Å². The van der Waals surface area contributed by atoms with Gasteiger partial charge in [-0.25, -0.2) is 0 Å². The Morgan fingerprint density at radius 1 is 0.373 bits per heavy atom. The maximum Gasteiger partial charge on any atom is 0.137 e. The molecule has 312 valence electrons. The van der Waals surface area contributed by atoms with Gasteiger partial charge in [0.15, 0.2) is 0 Å². The lowest BCUT2D eigenvalue weighted by Gasteiger charge is -2.45. The molecule has 15 rings (SSSR count). The number of rotatable bonds is 4. The summed E-state index contributed by atoms with van der Waals surface area (Å²) in [6, 6.07) is 83.9. The molecule has 67 heavy (non-hydrogen) atoms. The first kappa shape index (κ1) is 36.5. The molecule has 0 saturated heterocycles. The van der Waals surface area contributed by atoms with E-state index < -0.39 is 5.41 Å². The van der Waals surface area contributed by atoms with Crippen LogP contribution in [0.3, 0.4) is 0 Å². The van der Waals surface area contributed by atoms with Crippen LogP contribution in [0, 0.1) is 0 Å². The van der Waals surface area contributed by atoms with Crippen molar-refractivity contribution < 1.29 is 9.15 Å². The second kappa shape index (κ2) is 13.6. The molecule has 13 aromatic rings. The highest BCUT2D eigenvalue weighted by Crippen LogP contribution is 2.62. The first-order valence-corrected chi connectivity index (χ1v) is 23.0. The van der Waals surface area contributed by atoms with Gasteiger partial charge in [0.2, 0.25) is 0 Å². The van der Waals surface area contributed by atoms with Crippen molar-refractivity contribution in [3.05, 3.63) is 253 Å². The van der Waals surface area contributed by atoms with Gasteiger partial charge in [-0.2, -0.15) is 0 Å². The number of nitrogens with zero attached hydrogens (tertiary/aromatic N) is 2. The maximum absolute atomic E-state index is 6.74. The molecule has 0 radical (unpaired) electrons. The van der Waals surface area contributed by atoms with Crippen LogP contribution in [0.2, 0.25) is 0 Å². The van der Waals surface area contributed by atoms with Gasteiger partial charge in [0.05, 0.1) is 27.8 Å². The number of fused-ring (bicyclic) bond motifs is 15. The summed E-state index contributed by atoms with van der Waals surface area (Å²) >= 11 is 0. The van der Waals surface area contributed by atoms with E-state index in [0.717, 1.165) is 72.5 Å². The molecule has 4 nitrogen and oxygen atoms in total. The van der Waals surface area contributed by atoms with Crippen molar-refractivity contribution in [3.8, 4) is 28.3 Å². The Morgan fingerprint density at radius 3 is 1.85 bits per heavy atom. The van der Waals surface area contributed by atoms with Crippen molar-refractivity contribution in [2.45, 2.75) is 5.41 Å². The lowest BCUT2D eigenvalue weighted by atomic mass is 9.58. The third kappa shape index (κ3) is 4.91. The number of anilines is 3. The van der Waals surface area contributed by atoms with Crippen molar-refractivity contribution in [2.24, 2.45) is 0 Å². The summed E-state index contributed by atoms with van der Waals surface area (Å²) in [5.41, 5.74) is 15.0. The minimum Gasteiger partial charge on any atom is -0.457 e. The first-order valence-electron chi connectivity index (χ1n) is 23.0. The van der Waals surface area contributed by atoms with Crippen molar-refractivity contribution >= 4 is 82.4 Å². The van der Waals surface area contributed by atoms with Gasteiger partial charge in [-0.3, -0.25) is 0 Å². The van der Waals surface area contributed by atoms with Crippen LogP contribution in [0.15, 0.2) is 235 Å². The molecule has 0 N–H and O–H groups in total. The van der Waals surface area contributed by atoms with Gasteiger partial charge in [-0.1, -0.05) is 158 Å². The molecular weight excluding hydrogens is 817 g/mol. The Balaban J connectivity index is 1.03. The van der Waals surface area contributed by atoms with Gasteiger partial charge in [-0.15, -0.1) is 0 Å². The normalized spacial score (nSPS) is 13.3. The highest BCUT2D eigenvalue weighted by atomic mass is 16.5. The molecule has 4 heteroatoms. The van der Waals surface area contributed by atoms with Gasteiger partial charge in [0.25, 0.3) is 0 Å². The minimum absolute atomic E-state index is 0.631. The number of benzene rings is 11. The van der Waals surface area contributed by atoms with E-state index in [1.807, 2.05) is 6.07 Å². The van der Waals surface area contributed by atoms with Gasteiger partial charge in [0, 0.05) is 60.9 Å². The molecule has 1 aliphatic carbocycles. The number of furan rings is 1. The van der Waals surface area contributed by atoms with E-state index in [1.54, 1.807) is 0 Å². The molecule has 0 bridgehead atoms. The van der Waals surface area contributed by atoms with Crippen molar-refractivity contribution in [1.82, 2.24) is 4.57 Å². The number of hydrogen-bond acceptors (Lipinski definition) is 3. The highest BCUT2D eigenvalue weighted by molar-refractivity contribution is 6.15. The fraction of sp³-hybridized carbons (Fsp3) is 0.0159. The minimum atomic E-state index is -0.631. The summed E-state index contributed by atoms with van der Waals surface area (Å²) in [6.07, 6.45) is 0. The summed E-state index contributed by atoms with van der Waals surface area (Å²) in [7, 11) is 0. The second-order valence-electron chi connectivity index (χ2n) is 17.9. The van der Waals surface area contributed by atoms with Gasteiger partial charge < -0.3 is 18.6 Å². The molecule has 0 amide bonds. The smallest absolute Gasteiger partial charge is 0.137 e. The predicted molar refractivity (Wildman–Crippen MR) is 275 cm³/mol. The zero-order chi connectivity index (χ0) is 43.8. The average molecular weight is 855 g/mol. The number of para-hydroxylation sites is 4. The van der Waals surface area contributed by atoms with Crippen LogP contribution in [0.25, 0.3) is 82.1 Å². The predicted octanol–water partition coefficient (Wildman–Crippen LogP) is 16.9. The summed E-state index contributed by atoms with van der Waals surface area (Å²) in [5, 5.41) is 9.42.